The van der Waals surface area contributed by atoms with Crippen LogP contribution in [0.15, 0.2) is 42.5 Å². The van der Waals surface area contributed by atoms with E-state index in [2.05, 4.69) is 13.8 Å². The Bertz CT molecular complexity index is 710. The minimum atomic E-state index is -0.953. The molecule has 0 spiro atoms. The molecule has 1 unspecified atom stereocenters. The number of ether oxygens (including phenoxy) is 2. The van der Waals surface area contributed by atoms with E-state index in [1.54, 1.807) is 19.2 Å². The average Bonchev–Trinajstić information content (AvgIpc) is 2.58. The van der Waals surface area contributed by atoms with Crippen LogP contribution >= 0.6 is 0 Å². The third-order valence-corrected chi connectivity index (χ3v) is 3.81. The van der Waals surface area contributed by atoms with E-state index < -0.39 is 11.9 Å². The van der Waals surface area contributed by atoms with E-state index in [9.17, 15) is 14.3 Å². The molecule has 0 saturated carbocycles. The van der Waals surface area contributed by atoms with Gasteiger partial charge in [0.2, 0.25) is 0 Å². The first-order valence-electron chi connectivity index (χ1n) is 8.18. The lowest BCUT2D eigenvalue weighted by Gasteiger charge is -2.16. The molecule has 2 rings (SSSR count). The number of halogens is 1. The fourth-order valence-corrected chi connectivity index (χ4v) is 2.49. The summed E-state index contributed by atoms with van der Waals surface area (Å²) in [6, 6.07) is 11.0. The summed E-state index contributed by atoms with van der Waals surface area (Å²) in [5.41, 5.74) is 1.37. The summed E-state index contributed by atoms with van der Waals surface area (Å²) in [7, 11) is 1.55. The Morgan fingerprint density at radius 2 is 1.80 bits per heavy atom. The maximum Gasteiger partial charge on any atom is 0.311 e. The summed E-state index contributed by atoms with van der Waals surface area (Å²) in [6.07, 6.45) is 0.280. The van der Waals surface area contributed by atoms with E-state index in [-0.39, 0.29) is 12.2 Å². The molecule has 0 aromatic heterocycles. The van der Waals surface area contributed by atoms with Gasteiger partial charge in [0.05, 0.1) is 19.6 Å². The number of methoxy groups -OCH3 is 1. The molecule has 0 bridgehead atoms. The molecular weight excluding hydrogens is 323 g/mol. The van der Waals surface area contributed by atoms with Crippen molar-refractivity contribution in [2.45, 2.75) is 26.2 Å². The summed E-state index contributed by atoms with van der Waals surface area (Å²) in [5, 5.41) is 9.53. The second kappa shape index (κ2) is 8.51. The molecular formula is C20H23FO4. The van der Waals surface area contributed by atoms with Gasteiger partial charge in [-0.1, -0.05) is 32.0 Å². The van der Waals surface area contributed by atoms with Crippen LogP contribution in [-0.2, 0) is 11.2 Å². The Hall–Kier alpha value is -2.56. The van der Waals surface area contributed by atoms with Crippen molar-refractivity contribution in [1.29, 1.82) is 0 Å². The predicted octanol–water partition coefficient (Wildman–Crippen LogP) is 4.28. The third-order valence-electron chi connectivity index (χ3n) is 3.81. The first kappa shape index (κ1) is 18.8. The van der Waals surface area contributed by atoms with Gasteiger partial charge in [-0.05, 0) is 47.7 Å². The Kier molecular flexibility index (Phi) is 6.39. The van der Waals surface area contributed by atoms with E-state index in [0.717, 1.165) is 5.56 Å². The van der Waals surface area contributed by atoms with Crippen molar-refractivity contribution < 1.29 is 23.8 Å². The first-order chi connectivity index (χ1) is 11.9. The molecule has 0 aliphatic carbocycles. The number of hydrogen-bond donors (Lipinski definition) is 1. The van der Waals surface area contributed by atoms with E-state index >= 15 is 0 Å². The zero-order valence-electron chi connectivity index (χ0n) is 14.7. The summed E-state index contributed by atoms with van der Waals surface area (Å²) < 4.78 is 24.1. The smallest absolute Gasteiger partial charge is 0.311 e. The van der Waals surface area contributed by atoms with E-state index in [1.165, 1.54) is 24.3 Å². The number of benzene rings is 2. The zero-order chi connectivity index (χ0) is 18.4. The van der Waals surface area contributed by atoms with Crippen LogP contribution in [0.4, 0.5) is 4.39 Å². The molecule has 134 valence electrons. The minimum Gasteiger partial charge on any atom is -0.493 e. The van der Waals surface area contributed by atoms with Gasteiger partial charge in [0.1, 0.15) is 5.82 Å². The molecule has 0 aliphatic rings. The Labute approximate surface area is 147 Å². The standard InChI is InChI=1S/C20H23FO4/c1-13(2)12-25-18-9-4-14(11-19(18)24-3)10-17(20(22)23)15-5-7-16(21)8-6-15/h4-9,11,13,17H,10,12H2,1-3H3,(H,22,23). The van der Waals surface area contributed by atoms with Gasteiger partial charge in [0.25, 0.3) is 0 Å². The summed E-state index contributed by atoms with van der Waals surface area (Å²) in [5.74, 6) is -0.506. The topological polar surface area (TPSA) is 55.8 Å². The summed E-state index contributed by atoms with van der Waals surface area (Å²) in [6.45, 7) is 4.69. The quantitative estimate of drug-likeness (QED) is 0.775. The fourth-order valence-electron chi connectivity index (χ4n) is 2.49. The van der Waals surface area contributed by atoms with Gasteiger partial charge in [0.15, 0.2) is 11.5 Å². The Morgan fingerprint density at radius 3 is 2.36 bits per heavy atom. The summed E-state index contributed by atoms with van der Waals surface area (Å²) in [4.78, 5) is 11.6. The van der Waals surface area contributed by atoms with Crippen molar-refractivity contribution in [2.24, 2.45) is 5.92 Å². The van der Waals surface area contributed by atoms with Gasteiger partial charge in [-0.25, -0.2) is 4.39 Å². The van der Waals surface area contributed by atoms with E-state index in [4.69, 9.17) is 9.47 Å². The average molecular weight is 346 g/mol. The van der Waals surface area contributed by atoms with Crippen LogP contribution < -0.4 is 9.47 Å². The molecule has 0 aliphatic heterocycles. The molecule has 1 N–H and O–H groups in total. The monoisotopic (exact) mass is 346 g/mol. The van der Waals surface area contributed by atoms with Crippen molar-refractivity contribution >= 4 is 5.97 Å². The molecule has 1 atom stereocenters. The number of carboxylic acids is 1. The molecule has 4 nitrogen and oxygen atoms in total. The number of aliphatic carboxylic acids is 1. The van der Waals surface area contributed by atoms with Crippen LogP contribution in [-0.4, -0.2) is 24.8 Å². The zero-order valence-corrected chi connectivity index (χ0v) is 14.7. The fraction of sp³-hybridized carbons (Fsp3) is 0.350. The van der Waals surface area contributed by atoms with Crippen LogP contribution in [0.25, 0.3) is 0 Å². The van der Waals surface area contributed by atoms with Gasteiger partial charge in [-0.2, -0.15) is 0 Å². The Balaban J connectivity index is 2.21. The highest BCUT2D eigenvalue weighted by atomic mass is 19.1. The predicted molar refractivity (Wildman–Crippen MR) is 93.8 cm³/mol. The first-order valence-corrected chi connectivity index (χ1v) is 8.18. The van der Waals surface area contributed by atoms with Gasteiger partial charge < -0.3 is 14.6 Å². The molecule has 25 heavy (non-hydrogen) atoms. The largest absolute Gasteiger partial charge is 0.493 e. The lowest BCUT2D eigenvalue weighted by Crippen LogP contribution is -2.14. The highest BCUT2D eigenvalue weighted by Gasteiger charge is 2.21. The SMILES string of the molecule is COc1cc(CC(C(=O)O)c2ccc(F)cc2)ccc1OCC(C)C. The number of rotatable bonds is 8. The molecule has 0 saturated heterocycles. The Morgan fingerprint density at radius 1 is 1.12 bits per heavy atom. The van der Waals surface area contributed by atoms with Crippen LogP contribution in [0.3, 0.4) is 0 Å². The maximum atomic E-state index is 13.1. The second-order valence-corrected chi connectivity index (χ2v) is 6.34. The lowest BCUT2D eigenvalue weighted by atomic mass is 9.92. The lowest BCUT2D eigenvalue weighted by molar-refractivity contribution is -0.138. The molecule has 0 amide bonds. The number of carboxylic acid groups (broad SMARTS) is 1. The normalized spacial score (nSPS) is 12.0. The van der Waals surface area contributed by atoms with Gasteiger partial charge in [-0.3, -0.25) is 4.79 Å². The van der Waals surface area contributed by atoms with Crippen LogP contribution in [0, 0.1) is 11.7 Å². The minimum absolute atomic E-state index is 0.280. The molecule has 0 fully saturated rings. The van der Waals surface area contributed by atoms with E-state index in [1.807, 2.05) is 6.07 Å². The highest BCUT2D eigenvalue weighted by molar-refractivity contribution is 5.76. The van der Waals surface area contributed by atoms with Crippen molar-refractivity contribution in [3.8, 4) is 11.5 Å². The van der Waals surface area contributed by atoms with Crippen LogP contribution in [0.5, 0.6) is 11.5 Å². The third kappa shape index (κ3) is 5.21. The number of hydrogen-bond acceptors (Lipinski definition) is 3. The van der Waals surface area contributed by atoms with Crippen molar-refractivity contribution in [2.75, 3.05) is 13.7 Å². The molecule has 2 aromatic rings. The van der Waals surface area contributed by atoms with Crippen molar-refractivity contribution in [3.05, 3.63) is 59.4 Å². The van der Waals surface area contributed by atoms with E-state index in [0.29, 0.717) is 29.6 Å². The van der Waals surface area contributed by atoms with Gasteiger partial charge in [-0.15, -0.1) is 0 Å². The van der Waals surface area contributed by atoms with Crippen molar-refractivity contribution in [3.63, 3.8) is 0 Å². The number of carbonyl (C=O) groups is 1. The summed E-state index contributed by atoms with van der Waals surface area (Å²) >= 11 is 0. The molecule has 0 radical (unpaired) electrons. The molecule has 2 aromatic carbocycles. The second-order valence-electron chi connectivity index (χ2n) is 6.34. The van der Waals surface area contributed by atoms with Gasteiger partial charge >= 0.3 is 5.97 Å². The van der Waals surface area contributed by atoms with Gasteiger partial charge in [0, 0.05) is 0 Å². The van der Waals surface area contributed by atoms with Crippen molar-refractivity contribution in [1.82, 2.24) is 0 Å². The molecule has 0 heterocycles. The molecule has 5 heteroatoms. The maximum absolute atomic E-state index is 13.1. The van der Waals surface area contributed by atoms with Crippen LogP contribution in [0.2, 0.25) is 0 Å². The van der Waals surface area contributed by atoms with Crippen LogP contribution in [0.1, 0.15) is 30.9 Å². The highest BCUT2D eigenvalue weighted by Crippen LogP contribution is 2.31.